The number of unbranched alkanes of at least 4 members (excludes halogenated alkanes) is 1. The summed E-state index contributed by atoms with van der Waals surface area (Å²) < 4.78 is 41.4. The third kappa shape index (κ3) is 7.88. The van der Waals surface area contributed by atoms with Crippen molar-refractivity contribution in [2.45, 2.75) is 52.1 Å². The number of likely N-dealkylation sites (tertiary alicyclic amines) is 1. The fourth-order valence-corrected chi connectivity index (χ4v) is 2.64. The van der Waals surface area contributed by atoms with Crippen LogP contribution >= 0.6 is 0 Å². The molecule has 1 N–H and O–H groups in total. The van der Waals surface area contributed by atoms with E-state index in [-0.39, 0.29) is 18.3 Å². The second-order valence-electron chi connectivity index (χ2n) is 5.82. The molecule has 0 atom stereocenters. The van der Waals surface area contributed by atoms with Crippen LogP contribution in [0.25, 0.3) is 0 Å². The number of carbonyl (C=O) groups is 1. The highest BCUT2D eigenvalue weighted by molar-refractivity contribution is 5.80. The molecule has 1 saturated heterocycles. The van der Waals surface area contributed by atoms with Crippen LogP contribution in [0.3, 0.4) is 0 Å². The maximum Gasteiger partial charge on any atom is 0.389 e. The Kier molecular flexibility index (Phi) is 8.92. The molecule has 1 aliphatic heterocycles. The van der Waals surface area contributed by atoms with E-state index in [4.69, 9.17) is 4.74 Å². The number of ether oxygens (including phenoxy) is 1. The average Bonchev–Trinajstić information content (AvgIpc) is 2.53. The van der Waals surface area contributed by atoms with Crippen LogP contribution < -0.4 is 5.32 Å². The van der Waals surface area contributed by atoms with Crippen molar-refractivity contribution in [2.75, 3.05) is 32.8 Å². The first-order chi connectivity index (χ1) is 11.4. The monoisotopic (exact) mass is 351 g/mol. The van der Waals surface area contributed by atoms with Gasteiger partial charge in [-0.3, -0.25) is 9.79 Å². The normalized spacial score (nSPS) is 17.0. The van der Waals surface area contributed by atoms with Crippen LogP contribution in [0.15, 0.2) is 4.99 Å². The van der Waals surface area contributed by atoms with E-state index in [1.54, 1.807) is 6.92 Å². The average molecular weight is 351 g/mol. The molecule has 0 aromatic rings. The number of esters is 1. The molecule has 1 rings (SSSR count). The summed E-state index contributed by atoms with van der Waals surface area (Å²) >= 11 is 0. The molecule has 1 heterocycles. The van der Waals surface area contributed by atoms with Gasteiger partial charge in [-0.15, -0.1) is 0 Å². The van der Waals surface area contributed by atoms with Gasteiger partial charge in [0.1, 0.15) is 0 Å². The van der Waals surface area contributed by atoms with E-state index in [9.17, 15) is 18.0 Å². The number of nitrogens with one attached hydrogen (secondary N) is 1. The smallest absolute Gasteiger partial charge is 0.389 e. The number of alkyl halides is 3. The van der Waals surface area contributed by atoms with Gasteiger partial charge in [0.05, 0.1) is 12.5 Å². The SMILES string of the molecule is CCNC(=NCCCCC(F)(F)F)N1CCC(C(=O)OCC)CC1. The quantitative estimate of drug-likeness (QED) is 0.332. The Hall–Kier alpha value is -1.47. The highest BCUT2D eigenvalue weighted by Crippen LogP contribution is 2.22. The fourth-order valence-electron chi connectivity index (χ4n) is 2.64. The number of hydrogen-bond acceptors (Lipinski definition) is 3. The lowest BCUT2D eigenvalue weighted by molar-refractivity contribution is -0.149. The summed E-state index contributed by atoms with van der Waals surface area (Å²) in [7, 11) is 0. The number of aliphatic imine (C=N–C) groups is 1. The van der Waals surface area contributed by atoms with Crippen molar-refractivity contribution in [1.82, 2.24) is 10.2 Å². The van der Waals surface area contributed by atoms with Crippen molar-refractivity contribution in [2.24, 2.45) is 10.9 Å². The molecule has 0 aromatic heterocycles. The van der Waals surface area contributed by atoms with E-state index in [1.165, 1.54) is 0 Å². The molecule has 0 spiro atoms. The first-order valence-electron chi connectivity index (χ1n) is 8.64. The molecule has 0 saturated carbocycles. The number of piperidine rings is 1. The Labute approximate surface area is 141 Å². The number of carbonyl (C=O) groups excluding carboxylic acids is 1. The molecule has 0 aliphatic carbocycles. The zero-order valence-electron chi connectivity index (χ0n) is 14.5. The highest BCUT2D eigenvalue weighted by atomic mass is 19.4. The first-order valence-corrected chi connectivity index (χ1v) is 8.64. The summed E-state index contributed by atoms with van der Waals surface area (Å²) in [5.41, 5.74) is 0. The summed E-state index contributed by atoms with van der Waals surface area (Å²) in [5, 5.41) is 3.17. The lowest BCUT2D eigenvalue weighted by Gasteiger charge is -2.33. The molecule has 1 aliphatic rings. The van der Waals surface area contributed by atoms with Gasteiger partial charge >= 0.3 is 12.1 Å². The molecule has 0 radical (unpaired) electrons. The van der Waals surface area contributed by atoms with Crippen LogP contribution in [-0.4, -0.2) is 55.8 Å². The zero-order valence-corrected chi connectivity index (χ0v) is 14.5. The van der Waals surface area contributed by atoms with Gasteiger partial charge in [-0.05, 0) is 39.5 Å². The van der Waals surface area contributed by atoms with Gasteiger partial charge in [0.15, 0.2) is 5.96 Å². The van der Waals surface area contributed by atoms with Gasteiger partial charge in [-0.1, -0.05) is 0 Å². The molecule has 0 amide bonds. The molecule has 5 nitrogen and oxygen atoms in total. The number of guanidine groups is 1. The van der Waals surface area contributed by atoms with Crippen molar-refractivity contribution in [3.63, 3.8) is 0 Å². The molecular weight excluding hydrogens is 323 g/mol. The largest absolute Gasteiger partial charge is 0.466 e. The van der Waals surface area contributed by atoms with Gasteiger partial charge in [0.2, 0.25) is 0 Å². The Balaban J connectivity index is 2.42. The van der Waals surface area contributed by atoms with Crippen LogP contribution in [0.4, 0.5) is 13.2 Å². The third-order valence-corrected chi connectivity index (χ3v) is 3.88. The van der Waals surface area contributed by atoms with Crippen molar-refractivity contribution in [3.8, 4) is 0 Å². The van der Waals surface area contributed by atoms with Crippen LogP contribution in [0.2, 0.25) is 0 Å². The Morgan fingerprint density at radius 3 is 2.46 bits per heavy atom. The van der Waals surface area contributed by atoms with Gasteiger partial charge in [-0.25, -0.2) is 0 Å². The lowest BCUT2D eigenvalue weighted by atomic mass is 9.97. The minimum absolute atomic E-state index is 0.0733. The van der Waals surface area contributed by atoms with Gasteiger partial charge in [-0.2, -0.15) is 13.2 Å². The molecule has 140 valence electrons. The van der Waals surface area contributed by atoms with Crippen molar-refractivity contribution < 1.29 is 22.7 Å². The second-order valence-corrected chi connectivity index (χ2v) is 5.82. The molecule has 0 bridgehead atoms. The van der Waals surface area contributed by atoms with Gasteiger partial charge < -0.3 is 15.0 Å². The van der Waals surface area contributed by atoms with E-state index in [0.29, 0.717) is 58.0 Å². The predicted molar refractivity (Wildman–Crippen MR) is 86.8 cm³/mol. The number of rotatable bonds is 7. The van der Waals surface area contributed by atoms with Crippen LogP contribution in [0.1, 0.15) is 46.0 Å². The summed E-state index contributed by atoms with van der Waals surface area (Å²) in [6, 6.07) is 0. The maximum absolute atomic E-state index is 12.1. The third-order valence-electron chi connectivity index (χ3n) is 3.88. The number of hydrogen-bond donors (Lipinski definition) is 1. The Bertz CT molecular complexity index is 406. The Morgan fingerprint density at radius 2 is 1.92 bits per heavy atom. The molecule has 1 fully saturated rings. The van der Waals surface area contributed by atoms with E-state index >= 15 is 0 Å². The predicted octanol–water partition coefficient (Wildman–Crippen LogP) is 2.96. The molecule has 24 heavy (non-hydrogen) atoms. The number of nitrogens with zero attached hydrogens (tertiary/aromatic N) is 2. The van der Waals surface area contributed by atoms with E-state index in [0.717, 1.165) is 0 Å². The van der Waals surface area contributed by atoms with Crippen LogP contribution in [0.5, 0.6) is 0 Å². The number of halogens is 3. The van der Waals surface area contributed by atoms with Crippen molar-refractivity contribution in [3.05, 3.63) is 0 Å². The molecule has 0 aromatic carbocycles. The summed E-state index contributed by atoms with van der Waals surface area (Å²) in [6.45, 7) is 6.58. The molecule has 0 unspecified atom stereocenters. The van der Waals surface area contributed by atoms with E-state index in [2.05, 4.69) is 15.2 Å². The van der Waals surface area contributed by atoms with Gasteiger partial charge in [0.25, 0.3) is 0 Å². The standard InChI is InChI=1S/C16H28F3N3O2/c1-3-20-15(21-10-6-5-9-16(17,18)19)22-11-7-13(8-12-22)14(23)24-4-2/h13H,3-12H2,1-2H3,(H,20,21). The highest BCUT2D eigenvalue weighted by Gasteiger charge is 2.27. The van der Waals surface area contributed by atoms with Crippen LogP contribution in [0, 0.1) is 5.92 Å². The molecule has 8 heteroatoms. The van der Waals surface area contributed by atoms with Crippen molar-refractivity contribution >= 4 is 11.9 Å². The minimum Gasteiger partial charge on any atom is -0.466 e. The van der Waals surface area contributed by atoms with E-state index < -0.39 is 12.6 Å². The van der Waals surface area contributed by atoms with Crippen molar-refractivity contribution in [1.29, 1.82) is 0 Å². The second kappa shape index (κ2) is 10.4. The fraction of sp³-hybridized carbons (Fsp3) is 0.875. The van der Waals surface area contributed by atoms with Crippen LogP contribution in [-0.2, 0) is 9.53 Å². The Morgan fingerprint density at radius 1 is 1.25 bits per heavy atom. The van der Waals surface area contributed by atoms with Gasteiger partial charge in [0, 0.05) is 32.6 Å². The topological polar surface area (TPSA) is 53.9 Å². The summed E-state index contributed by atoms with van der Waals surface area (Å²) in [4.78, 5) is 18.2. The summed E-state index contributed by atoms with van der Waals surface area (Å²) in [6.07, 6.45) is -2.94. The maximum atomic E-state index is 12.1. The first kappa shape index (κ1) is 20.6. The minimum atomic E-state index is -4.09. The summed E-state index contributed by atoms with van der Waals surface area (Å²) in [5.74, 6) is 0.494. The zero-order chi connectivity index (χ0) is 18.0. The van der Waals surface area contributed by atoms with E-state index in [1.807, 2.05) is 6.92 Å². The molecular formula is C16H28F3N3O2. The lowest BCUT2D eigenvalue weighted by Crippen LogP contribution is -2.46.